The molecule has 1 aromatic heterocycles. The Hall–Kier alpha value is -1.61. The monoisotopic (exact) mass is 255 g/mol. The van der Waals surface area contributed by atoms with Crippen molar-refractivity contribution in [1.82, 2.24) is 15.0 Å². The molecule has 0 fully saturated rings. The summed E-state index contributed by atoms with van der Waals surface area (Å²) in [6.07, 6.45) is 1.26. The van der Waals surface area contributed by atoms with E-state index in [4.69, 9.17) is 21.6 Å². The van der Waals surface area contributed by atoms with Gasteiger partial charge in [-0.15, -0.1) is 0 Å². The maximum atomic E-state index is 8.51. The van der Waals surface area contributed by atoms with Crippen LogP contribution in [0.2, 0.25) is 5.28 Å². The Morgan fingerprint density at radius 1 is 1.41 bits per heavy atom. The second kappa shape index (κ2) is 6.86. The minimum Gasteiger partial charge on any atom is -0.463 e. The highest BCUT2D eigenvalue weighted by molar-refractivity contribution is 6.28. The van der Waals surface area contributed by atoms with Crippen molar-refractivity contribution in [3.63, 3.8) is 0 Å². The van der Waals surface area contributed by atoms with Crippen molar-refractivity contribution >= 4 is 17.5 Å². The summed E-state index contributed by atoms with van der Waals surface area (Å²) in [7, 11) is 1.78. The van der Waals surface area contributed by atoms with Crippen LogP contribution in [0.3, 0.4) is 0 Å². The normalized spacial score (nSPS) is 9.76. The summed E-state index contributed by atoms with van der Waals surface area (Å²) in [6, 6.07) is 2.27. The Kier molecular flexibility index (Phi) is 5.43. The average molecular weight is 256 g/mol. The second-order valence-electron chi connectivity index (χ2n) is 3.37. The van der Waals surface area contributed by atoms with Gasteiger partial charge >= 0.3 is 6.01 Å². The van der Waals surface area contributed by atoms with Crippen LogP contribution in [0.5, 0.6) is 6.01 Å². The SMILES string of the molecule is CCCOc1nc(Cl)nc(N(C)CCC#N)n1. The van der Waals surface area contributed by atoms with Gasteiger partial charge in [0.25, 0.3) is 0 Å². The number of nitrogens with zero attached hydrogens (tertiary/aromatic N) is 5. The molecular formula is C10H14ClN5O. The molecule has 0 spiro atoms. The van der Waals surface area contributed by atoms with Crippen molar-refractivity contribution in [3.05, 3.63) is 5.28 Å². The van der Waals surface area contributed by atoms with Crippen molar-refractivity contribution < 1.29 is 4.74 Å². The van der Waals surface area contributed by atoms with Gasteiger partial charge in [0, 0.05) is 13.6 Å². The maximum absolute atomic E-state index is 8.51. The Morgan fingerprint density at radius 2 is 2.18 bits per heavy atom. The first-order chi connectivity index (χ1) is 8.17. The number of anilines is 1. The summed E-state index contributed by atoms with van der Waals surface area (Å²) in [5.74, 6) is 0.409. The molecule has 0 amide bonds. The maximum Gasteiger partial charge on any atom is 0.322 e. The van der Waals surface area contributed by atoms with E-state index < -0.39 is 0 Å². The van der Waals surface area contributed by atoms with Crippen LogP contribution in [0.1, 0.15) is 19.8 Å². The quantitative estimate of drug-likeness (QED) is 0.770. The lowest BCUT2D eigenvalue weighted by Gasteiger charge is -2.15. The molecule has 92 valence electrons. The van der Waals surface area contributed by atoms with Crippen LogP contribution in [0, 0.1) is 11.3 Å². The standard InChI is InChI=1S/C10H14ClN5O/c1-3-7-17-10-14-8(11)13-9(15-10)16(2)6-4-5-12/h3-4,6-7H2,1-2H3. The molecule has 0 unspecified atom stereocenters. The predicted molar refractivity (Wildman–Crippen MR) is 64.1 cm³/mol. The lowest BCUT2D eigenvalue weighted by atomic mass is 10.4. The van der Waals surface area contributed by atoms with E-state index in [0.717, 1.165) is 6.42 Å². The van der Waals surface area contributed by atoms with Gasteiger partial charge < -0.3 is 9.64 Å². The smallest absolute Gasteiger partial charge is 0.322 e. The molecule has 6 nitrogen and oxygen atoms in total. The average Bonchev–Trinajstić information content (AvgIpc) is 2.32. The number of halogens is 1. The van der Waals surface area contributed by atoms with Crippen LogP contribution in [-0.4, -0.2) is 35.2 Å². The minimum atomic E-state index is 0.0879. The molecule has 0 saturated carbocycles. The Bertz CT molecular complexity index is 406. The molecule has 1 rings (SSSR count). The van der Waals surface area contributed by atoms with Gasteiger partial charge in [0.05, 0.1) is 19.1 Å². The van der Waals surface area contributed by atoms with Crippen molar-refractivity contribution in [2.45, 2.75) is 19.8 Å². The van der Waals surface area contributed by atoms with Crippen molar-refractivity contribution in [1.29, 1.82) is 5.26 Å². The van der Waals surface area contributed by atoms with E-state index in [1.807, 2.05) is 6.92 Å². The van der Waals surface area contributed by atoms with Crippen LogP contribution in [0.25, 0.3) is 0 Å². The fraction of sp³-hybridized carbons (Fsp3) is 0.600. The van der Waals surface area contributed by atoms with Crippen LogP contribution in [0.15, 0.2) is 0 Å². The van der Waals surface area contributed by atoms with Crippen molar-refractivity contribution in [3.8, 4) is 12.1 Å². The first-order valence-corrected chi connectivity index (χ1v) is 5.67. The van der Waals surface area contributed by atoms with E-state index in [1.54, 1.807) is 11.9 Å². The number of hydrogen-bond donors (Lipinski definition) is 0. The molecule has 17 heavy (non-hydrogen) atoms. The molecular weight excluding hydrogens is 242 g/mol. The third-order valence-electron chi connectivity index (χ3n) is 1.91. The molecule has 1 heterocycles. The summed E-state index contributed by atoms with van der Waals surface area (Å²) in [5, 5.41) is 8.59. The van der Waals surface area contributed by atoms with E-state index in [1.165, 1.54) is 0 Å². The van der Waals surface area contributed by atoms with Crippen molar-refractivity contribution in [2.24, 2.45) is 0 Å². The fourth-order valence-electron chi connectivity index (χ4n) is 1.07. The zero-order chi connectivity index (χ0) is 12.7. The zero-order valence-electron chi connectivity index (χ0n) is 9.85. The lowest BCUT2D eigenvalue weighted by molar-refractivity contribution is 0.291. The van der Waals surface area contributed by atoms with E-state index in [2.05, 4.69) is 21.0 Å². The highest BCUT2D eigenvalue weighted by Gasteiger charge is 2.09. The highest BCUT2D eigenvalue weighted by atomic mass is 35.5. The Balaban J connectivity index is 2.77. The molecule has 0 bridgehead atoms. The van der Waals surface area contributed by atoms with E-state index >= 15 is 0 Å². The number of aromatic nitrogens is 3. The number of ether oxygens (including phenoxy) is 1. The second-order valence-corrected chi connectivity index (χ2v) is 3.70. The zero-order valence-corrected chi connectivity index (χ0v) is 10.6. The summed E-state index contributed by atoms with van der Waals surface area (Å²) in [4.78, 5) is 13.7. The van der Waals surface area contributed by atoms with Gasteiger partial charge in [0.15, 0.2) is 0 Å². The van der Waals surface area contributed by atoms with Crippen molar-refractivity contribution in [2.75, 3.05) is 25.1 Å². The number of nitriles is 1. The number of hydrogen-bond acceptors (Lipinski definition) is 6. The number of rotatable bonds is 6. The van der Waals surface area contributed by atoms with Gasteiger partial charge in [-0.2, -0.15) is 20.2 Å². The van der Waals surface area contributed by atoms with Gasteiger partial charge in [-0.1, -0.05) is 6.92 Å². The minimum absolute atomic E-state index is 0.0879. The Labute approximate surface area is 105 Å². The largest absolute Gasteiger partial charge is 0.463 e. The molecule has 0 radical (unpaired) electrons. The van der Waals surface area contributed by atoms with E-state index in [9.17, 15) is 0 Å². The van der Waals surface area contributed by atoms with Gasteiger partial charge in [-0.05, 0) is 18.0 Å². The molecule has 0 aliphatic heterocycles. The first-order valence-electron chi connectivity index (χ1n) is 5.29. The summed E-state index contributed by atoms with van der Waals surface area (Å²) >= 11 is 5.77. The van der Waals surface area contributed by atoms with Gasteiger partial charge in [0.1, 0.15) is 0 Å². The van der Waals surface area contributed by atoms with Gasteiger partial charge in [-0.3, -0.25) is 0 Å². The third-order valence-corrected chi connectivity index (χ3v) is 2.08. The highest BCUT2D eigenvalue weighted by Crippen LogP contribution is 2.14. The predicted octanol–water partition coefficient (Wildman–Crippen LogP) is 1.66. The van der Waals surface area contributed by atoms with Crippen LogP contribution in [-0.2, 0) is 0 Å². The molecule has 7 heteroatoms. The molecule has 0 saturated heterocycles. The summed E-state index contributed by atoms with van der Waals surface area (Å²) in [6.45, 7) is 3.05. The van der Waals surface area contributed by atoms with Crippen LogP contribution >= 0.6 is 11.6 Å². The van der Waals surface area contributed by atoms with Crippen LogP contribution < -0.4 is 9.64 Å². The summed E-state index contributed by atoms with van der Waals surface area (Å²) in [5.41, 5.74) is 0. The van der Waals surface area contributed by atoms with Gasteiger partial charge in [-0.25, -0.2) is 0 Å². The van der Waals surface area contributed by atoms with E-state index in [-0.39, 0.29) is 11.3 Å². The van der Waals surface area contributed by atoms with E-state index in [0.29, 0.717) is 25.5 Å². The van der Waals surface area contributed by atoms with Gasteiger partial charge in [0.2, 0.25) is 11.2 Å². The third kappa shape index (κ3) is 4.41. The fourth-order valence-corrected chi connectivity index (χ4v) is 1.22. The summed E-state index contributed by atoms with van der Waals surface area (Å²) < 4.78 is 5.29. The molecule has 0 aliphatic rings. The molecule has 0 N–H and O–H groups in total. The molecule has 1 aromatic rings. The first kappa shape index (κ1) is 13.5. The molecule has 0 atom stereocenters. The lowest BCUT2D eigenvalue weighted by Crippen LogP contribution is -2.21. The topological polar surface area (TPSA) is 74.9 Å². The van der Waals surface area contributed by atoms with Crippen LogP contribution in [0.4, 0.5) is 5.95 Å². The Morgan fingerprint density at radius 3 is 2.82 bits per heavy atom. The molecule has 0 aliphatic carbocycles. The molecule has 0 aromatic carbocycles.